The molecule has 0 bridgehead atoms. The van der Waals surface area contributed by atoms with Gasteiger partial charge in [0, 0.05) is 6.20 Å². The zero-order chi connectivity index (χ0) is 18.6. The predicted molar refractivity (Wildman–Crippen MR) is 96.9 cm³/mol. The van der Waals surface area contributed by atoms with Crippen LogP contribution in [0.5, 0.6) is 0 Å². The van der Waals surface area contributed by atoms with Crippen LogP contribution in [0.15, 0.2) is 18.3 Å². The van der Waals surface area contributed by atoms with Crippen molar-refractivity contribution in [1.29, 1.82) is 0 Å². The minimum atomic E-state index is -3.93. The quantitative estimate of drug-likeness (QED) is 0.569. The van der Waals surface area contributed by atoms with E-state index >= 15 is 0 Å². The fraction of sp³-hybridized carbons (Fsp3) is 0.562. The standard InChI is InChI=1S/C16H25NO6P2/c1-5-20-24(18,21-6-2)16(25(19,22-7-3)23-8-4)12-14-10-9-11-17-15(14)13-16/h9-13H,5-8H2,1-4H3. The van der Waals surface area contributed by atoms with Crippen molar-refractivity contribution in [3.05, 3.63) is 28.9 Å². The Morgan fingerprint density at radius 2 is 1.36 bits per heavy atom. The number of aromatic nitrogens is 1. The monoisotopic (exact) mass is 389 g/mol. The van der Waals surface area contributed by atoms with Crippen molar-refractivity contribution in [2.24, 2.45) is 0 Å². The molecule has 7 nitrogen and oxygen atoms in total. The van der Waals surface area contributed by atoms with Gasteiger partial charge in [-0.05, 0) is 51.1 Å². The van der Waals surface area contributed by atoms with Gasteiger partial charge in [0.2, 0.25) is 4.90 Å². The van der Waals surface area contributed by atoms with E-state index in [4.69, 9.17) is 18.1 Å². The molecule has 0 aliphatic heterocycles. The van der Waals surface area contributed by atoms with E-state index in [0.717, 1.165) is 0 Å². The van der Waals surface area contributed by atoms with Crippen LogP contribution in [0.2, 0.25) is 0 Å². The first-order chi connectivity index (χ1) is 11.9. The van der Waals surface area contributed by atoms with Gasteiger partial charge in [0.1, 0.15) is 0 Å². The second-order valence-electron chi connectivity index (χ2n) is 5.22. The zero-order valence-electron chi connectivity index (χ0n) is 15.0. The van der Waals surface area contributed by atoms with Gasteiger partial charge in [0.15, 0.2) is 0 Å². The molecular formula is C16H25NO6P2. The fourth-order valence-corrected chi connectivity index (χ4v) is 8.16. The Morgan fingerprint density at radius 3 is 1.76 bits per heavy atom. The van der Waals surface area contributed by atoms with Gasteiger partial charge in [-0.25, -0.2) is 0 Å². The second kappa shape index (κ2) is 8.26. The molecule has 0 atom stereocenters. The largest absolute Gasteiger partial charge is 0.356 e. The molecule has 0 N–H and O–H groups in total. The maximum absolute atomic E-state index is 13.7. The van der Waals surface area contributed by atoms with Crippen LogP contribution in [0.1, 0.15) is 27.7 Å². The lowest BCUT2D eigenvalue weighted by atomic mass is 10.4. The number of fused-ring (bicyclic) bond motifs is 1. The van der Waals surface area contributed by atoms with Crippen LogP contribution in [0.25, 0.3) is 12.2 Å². The average Bonchev–Trinajstić information content (AvgIpc) is 2.97. The zero-order valence-corrected chi connectivity index (χ0v) is 16.8. The van der Waals surface area contributed by atoms with Gasteiger partial charge >= 0.3 is 15.2 Å². The van der Waals surface area contributed by atoms with Crippen molar-refractivity contribution >= 4 is 27.3 Å². The van der Waals surface area contributed by atoms with E-state index in [-0.39, 0.29) is 26.4 Å². The number of pyridine rings is 1. The normalized spacial score (nSPS) is 16.2. The molecule has 0 unspecified atom stereocenters. The smallest absolute Gasteiger partial charge is 0.308 e. The molecule has 1 heterocycles. The Labute approximate surface area is 148 Å². The van der Waals surface area contributed by atoms with E-state index in [2.05, 4.69) is 4.98 Å². The van der Waals surface area contributed by atoms with Crippen molar-refractivity contribution < 1.29 is 27.2 Å². The van der Waals surface area contributed by atoms with Crippen LogP contribution in [0, 0.1) is 0 Å². The van der Waals surface area contributed by atoms with Crippen molar-refractivity contribution in [1.82, 2.24) is 4.98 Å². The van der Waals surface area contributed by atoms with E-state index in [1.165, 1.54) is 0 Å². The van der Waals surface area contributed by atoms with Crippen LogP contribution in [0.3, 0.4) is 0 Å². The van der Waals surface area contributed by atoms with Crippen molar-refractivity contribution in [2.45, 2.75) is 32.6 Å². The number of hydrogen-bond donors (Lipinski definition) is 0. The van der Waals surface area contributed by atoms with E-state index in [1.54, 1.807) is 58.2 Å². The molecule has 2 rings (SSSR count). The summed E-state index contributed by atoms with van der Waals surface area (Å²) in [5.41, 5.74) is 0. The summed E-state index contributed by atoms with van der Waals surface area (Å²) in [6.45, 7) is 7.31. The van der Waals surface area contributed by atoms with Crippen molar-refractivity contribution in [3.8, 4) is 0 Å². The second-order valence-corrected chi connectivity index (χ2v) is 10.1. The van der Waals surface area contributed by atoms with Crippen molar-refractivity contribution in [2.75, 3.05) is 26.4 Å². The molecule has 1 aliphatic rings. The van der Waals surface area contributed by atoms with Crippen LogP contribution in [-0.2, 0) is 27.2 Å². The highest BCUT2D eigenvalue weighted by Crippen LogP contribution is 2.79. The third-order valence-corrected chi connectivity index (χ3v) is 9.80. The summed E-state index contributed by atoms with van der Waals surface area (Å²) in [5, 5.41) is 1.23. The van der Waals surface area contributed by atoms with Gasteiger partial charge in [-0.2, -0.15) is 0 Å². The lowest BCUT2D eigenvalue weighted by Gasteiger charge is -2.37. The SMILES string of the molecule is CCOP(=O)(OCC)C1(P(=O)(OCC)OCC)C=c2cccnc2=C1. The molecule has 0 saturated heterocycles. The van der Waals surface area contributed by atoms with Gasteiger partial charge in [-0.1, -0.05) is 6.07 Å². The summed E-state index contributed by atoms with van der Waals surface area (Å²) in [7, 11) is -7.85. The Kier molecular flexibility index (Phi) is 6.77. The number of hydrogen-bond acceptors (Lipinski definition) is 7. The van der Waals surface area contributed by atoms with Gasteiger partial charge in [-0.15, -0.1) is 0 Å². The molecule has 1 aromatic rings. The van der Waals surface area contributed by atoms with E-state index in [0.29, 0.717) is 10.6 Å². The summed E-state index contributed by atoms with van der Waals surface area (Å²) < 4.78 is 49.6. The molecule has 140 valence electrons. The Balaban J connectivity index is 2.80. The Bertz CT molecular complexity index is 722. The summed E-state index contributed by atoms with van der Waals surface area (Å²) >= 11 is 0. The Hall–Kier alpha value is -0.810. The number of rotatable bonds is 10. The number of nitrogens with zero attached hydrogens (tertiary/aromatic N) is 1. The van der Waals surface area contributed by atoms with Crippen LogP contribution in [-0.4, -0.2) is 36.3 Å². The molecule has 25 heavy (non-hydrogen) atoms. The highest BCUT2D eigenvalue weighted by Gasteiger charge is 2.63. The molecule has 0 fully saturated rings. The summed E-state index contributed by atoms with van der Waals surface area (Å²) in [6, 6.07) is 3.54. The van der Waals surface area contributed by atoms with Gasteiger partial charge in [0.05, 0.1) is 31.8 Å². The molecule has 0 amide bonds. The first kappa shape index (κ1) is 20.5. The van der Waals surface area contributed by atoms with Crippen LogP contribution < -0.4 is 10.6 Å². The fourth-order valence-electron chi connectivity index (χ4n) is 2.78. The van der Waals surface area contributed by atoms with Gasteiger partial charge < -0.3 is 18.1 Å². The minimum absolute atomic E-state index is 0.128. The molecular weight excluding hydrogens is 364 g/mol. The molecule has 9 heteroatoms. The Morgan fingerprint density at radius 1 is 0.880 bits per heavy atom. The van der Waals surface area contributed by atoms with Crippen LogP contribution >= 0.6 is 15.2 Å². The molecule has 0 aromatic carbocycles. The van der Waals surface area contributed by atoms with Crippen molar-refractivity contribution in [3.63, 3.8) is 0 Å². The first-order valence-electron chi connectivity index (χ1n) is 8.37. The van der Waals surface area contributed by atoms with Gasteiger partial charge in [-0.3, -0.25) is 14.1 Å². The first-order valence-corrected chi connectivity index (χ1v) is 11.5. The van der Waals surface area contributed by atoms with E-state index in [1.807, 2.05) is 0 Å². The average molecular weight is 389 g/mol. The third kappa shape index (κ3) is 3.55. The summed E-state index contributed by atoms with van der Waals surface area (Å²) in [6.07, 6.45) is 4.74. The topological polar surface area (TPSA) is 84.0 Å². The predicted octanol–water partition coefficient (Wildman–Crippen LogP) is 2.88. The highest BCUT2D eigenvalue weighted by atomic mass is 31.2. The maximum Gasteiger partial charge on any atom is 0.356 e. The molecule has 0 spiro atoms. The highest BCUT2D eigenvalue weighted by molar-refractivity contribution is 7.76. The third-order valence-electron chi connectivity index (χ3n) is 3.66. The molecule has 0 radical (unpaired) electrons. The molecule has 1 aromatic heterocycles. The minimum Gasteiger partial charge on any atom is -0.308 e. The summed E-state index contributed by atoms with van der Waals surface area (Å²) in [4.78, 5) is 2.60. The summed E-state index contributed by atoms with van der Waals surface area (Å²) in [5.74, 6) is 0. The molecule has 0 saturated carbocycles. The maximum atomic E-state index is 13.7. The van der Waals surface area contributed by atoms with E-state index in [9.17, 15) is 9.13 Å². The lowest BCUT2D eigenvalue weighted by Crippen LogP contribution is -2.28. The molecule has 1 aliphatic carbocycles. The van der Waals surface area contributed by atoms with Crippen LogP contribution in [0.4, 0.5) is 0 Å². The van der Waals surface area contributed by atoms with Gasteiger partial charge in [0.25, 0.3) is 0 Å². The van der Waals surface area contributed by atoms with E-state index < -0.39 is 20.1 Å². The lowest BCUT2D eigenvalue weighted by molar-refractivity contribution is 0.195.